The molecule has 0 aromatic heterocycles. The predicted molar refractivity (Wildman–Crippen MR) is 86.1 cm³/mol. The maximum atomic E-state index is 12.3. The Hall–Kier alpha value is -1.70. The Morgan fingerprint density at radius 3 is 1.90 bits per heavy atom. The van der Waals surface area contributed by atoms with Crippen LogP contribution in [-0.2, 0) is 12.8 Å². The van der Waals surface area contributed by atoms with Gasteiger partial charge in [-0.2, -0.15) is 0 Å². The molecule has 0 saturated carbocycles. The van der Waals surface area contributed by atoms with Gasteiger partial charge in [0.05, 0.1) is 0 Å². The zero-order chi connectivity index (χ0) is 15.4. The Labute approximate surface area is 127 Å². The Morgan fingerprint density at radius 2 is 1.38 bits per heavy atom. The first-order valence-corrected chi connectivity index (χ1v) is 8.01. The van der Waals surface area contributed by atoms with E-state index in [0.717, 1.165) is 38.5 Å². The second-order valence-corrected chi connectivity index (χ2v) is 5.89. The summed E-state index contributed by atoms with van der Waals surface area (Å²) in [5.41, 5.74) is 4.25. The summed E-state index contributed by atoms with van der Waals surface area (Å²) in [6.45, 7) is 6.07. The van der Waals surface area contributed by atoms with E-state index in [4.69, 9.17) is 0 Å². The third kappa shape index (κ3) is 3.31. The van der Waals surface area contributed by atoms with Crippen LogP contribution in [0.5, 0.6) is 0 Å². The number of ketones is 2. The number of allylic oxidation sites excluding steroid dienone is 2. The minimum absolute atomic E-state index is 0.00406. The summed E-state index contributed by atoms with van der Waals surface area (Å²) < 4.78 is 0. The van der Waals surface area contributed by atoms with Gasteiger partial charge in [-0.15, -0.1) is 0 Å². The van der Waals surface area contributed by atoms with Crippen LogP contribution in [0.25, 0.3) is 0 Å². The number of carbonyl (C=O) groups excluding carboxylic acids is 2. The van der Waals surface area contributed by atoms with Crippen LogP contribution < -0.4 is 0 Å². The van der Waals surface area contributed by atoms with E-state index in [2.05, 4.69) is 13.8 Å². The summed E-state index contributed by atoms with van der Waals surface area (Å²) >= 11 is 0. The van der Waals surface area contributed by atoms with Gasteiger partial charge in [0, 0.05) is 16.7 Å². The summed E-state index contributed by atoms with van der Waals surface area (Å²) in [5, 5.41) is 0. The summed E-state index contributed by atoms with van der Waals surface area (Å²) in [6, 6.07) is 3.95. The molecule has 2 heteroatoms. The first-order chi connectivity index (χ1) is 10.1. The van der Waals surface area contributed by atoms with Gasteiger partial charge in [0.15, 0.2) is 11.6 Å². The van der Waals surface area contributed by atoms with Gasteiger partial charge in [-0.1, -0.05) is 26.7 Å². The van der Waals surface area contributed by atoms with Gasteiger partial charge < -0.3 is 0 Å². The molecule has 112 valence electrons. The Bertz CT molecular complexity index is 594. The molecule has 21 heavy (non-hydrogen) atoms. The van der Waals surface area contributed by atoms with Crippen molar-refractivity contribution in [3.63, 3.8) is 0 Å². The molecule has 0 radical (unpaired) electrons. The first kappa shape index (κ1) is 15.7. The van der Waals surface area contributed by atoms with E-state index in [1.54, 1.807) is 6.92 Å². The Balaban J connectivity index is 2.46. The van der Waals surface area contributed by atoms with Crippen molar-refractivity contribution in [2.75, 3.05) is 0 Å². The van der Waals surface area contributed by atoms with Gasteiger partial charge in [-0.05, 0) is 61.9 Å². The Kier molecular flexibility index (Phi) is 5.11. The van der Waals surface area contributed by atoms with E-state index in [1.807, 2.05) is 12.1 Å². The van der Waals surface area contributed by atoms with E-state index < -0.39 is 0 Å². The van der Waals surface area contributed by atoms with Crippen LogP contribution in [0.15, 0.2) is 23.8 Å². The molecule has 0 spiro atoms. The van der Waals surface area contributed by atoms with Crippen LogP contribution in [-0.4, -0.2) is 11.6 Å². The molecule has 1 aromatic rings. The lowest BCUT2D eigenvalue weighted by Crippen LogP contribution is -2.17. The average Bonchev–Trinajstić information content (AvgIpc) is 2.48. The molecule has 1 aromatic carbocycles. The highest BCUT2D eigenvalue weighted by Crippen LogP contribution is 2.27. The van der Waals surface area contributed by atoms with Gasteiger partial charge in [-0.3, -0.25) is 9.59 Å². The fourth-order valence-corrected chi connectivity index (χ4v) is 2.83. The number of hydrogen-bond acceptors (Lipinski definition) is 2. The number of carbonyl (C=O) groups is 2. The average molecular weight is 284 g/mol. The summed E-state index contributed by atoms with van der Waals surface area (Å²) in [6.07, 6.45) is 7.97. The summed E-state index contributed by atoms with van der Waals surface area (Å²) in [4.78, 5) is 24.5. The number of aryl methyl sites for hydroxylation is 2. The molecule has 1 aliphatic rings. The maximum Gasteiger partial charge on any atom is 0.189 e. The van der Waals surface area contributed by atoms with Crippen LogP contribution in [0.1, 0.15) is 78.3 Å². The molecule has 0 aliphatic heterocycles. The van der Waals surface area contributed by atoms with Crippen LogP contribution in [0.4, 0.5) is 0 Å². The van der Waals surface area contributed by atoms with Crippen molar-refractivity contribution in [1.82, 2.24) is 0 Å². The zero-order valence-corrected chi connectivity index (χ0v) is 13.3. The standard InChI is InChI=1S/C19H24O2/c1-4-6-8-14-11-16-17(12-15(14)9-7-5-2)19(21)13(3)10-18(16)20/h10-12H,4-9H2,1-3H3. The molecule has 0 bridgehead atoms. The van der Waals surface area contributed by atoms with E-state index in [9.17, 15) is 9.59 Å². The largest absolute Gasteiger partial charge is 0.289 e. The van der Waals surface area contributed by atoms with Crippen LogP contribution >= 0.6 is 0 Å². The normalized spacial score (nSPS) is 14.1. The van der Waals surface area contributed by atoms with Crippen molar-refractivity contribution in [3.8, 4) is 0 Å². The van der Waals surface area contributed by atoms with E-state index in [1.165, 1.54) is 17.2 Å². The Morgan fingerprint density at radius 1 is 0.857 bits per heavy atom. The van der Waals surface area contributed by atoms with E-state index in [-0.39, 0.29) is 11.6 Å². The molecular formula is C19H24O2. The van der Waals surface area contributed by atoms with Crippen molar-refractivity contribution < 1.29 is 9.59 Å². The van der Waals surface area contributed by atoms with Crippen molar-refractivity contribution in [2.45, 2.75) is 59.3 Å². The van der Waals surface area contributed by atoms with Crippen molar-refractivity contribution in [3.05, 3.63) is 46.0 Å². The molecule has 0 saturated heterocycles. The molecule has 0 unspecified atom stereocenters. The van der Waals surface area contributed by atoms with E-state index >= 15 is 0 Å². The predicted octanol–water partition coefficient (Wildman–Crippen LogP) is 4.70. The molecule has 2 nitrogen and oxygen atoms in total. The van der Waals surface area contributed by atoms with Crippen LogP contribution in [0.2, 0.25) is 0 Å². The topological polar surface area (TPSA) is 34.1 Å². The van der Waals surface area contributed by atoms with Crippen molar-refractivity contribution in [1.29, 1.82) is 0 Å². The smallest absolute Gasteiger partial charge is 0.189 e. The minimum atomic E-state index is -0.0260. The lowest BCUT2D eigenvalue weighted by atomic mass is 9.85. The molecular weight excluding hydrogens is 260 g/mol. The molecule has 0 fully saturated rings. The SMILES string of the molecule is CCCCc1cc2c(cc1CCCC)C(=O)C(C)=CC2=O. The van der Waals surface area contributed by atoms with Crippen LogP contribution in [0, 0.1) is 0 Å². The molecule has 0 amide bonds. The zero-order valence-electron chi connectivity index (χ0n) is 13.3. The van der Waals surface area contributed by atoms with Gasteiger partial charge in [-0.25, -0.2) is 0 Å². The van der Waals surface area contributed by atoms with Gasteiger partial charge >= 0.3 is 0 Å². The molecule has 1 aliphatic carbocycles. The van der Waals surface area contributed by atoms with E-state index in [0.29, 0.717) is 16.7 Å². The molecule has 2 rings (SSSR count). The molecule has 0 heterocycles. The van der Waals surface area contributed by atoms with Gasteiger partial charge in [0.25, 0.3) is 0 Å². The fourth-order valence-electron chi connectivity index (χ4n) is 2.83. The number of unbranched alkanes of at least 4 members (excludes halogenated alkanes) is 2. The molecule has 0 atom stereocenters. The number of Topliss-reactive ketones (excluding diaryl/α,β-unsaturated/α-hetero) is 1. The number of rotatable bonds is 6. The fraction of sp³-hybridized carbons (Fsp3) is 0.474. The highest BCUT2D eigenvalue weighted by atomic mass is 16.1. The van der Waals surface area contributed by atoms with Crippen molar-refractivity contribution >= 4 is 11.6 Å². The lowest BCUT2D eigenvalue weighted by molar-refractivity contribution is 0.0984. The minimum Gasteiger partial charge on any atom is -0.289 e. The summed E-state index contributed by atoms with van der Waals surface area (Å²) in [5.74, 6) is -0.0220. The van der Waals surface area contributed by atoms with Crippen molar-refractivity contribution in [2.24, 2.45) is 0 Å². The third-order valence-electron chi connectivity index (χ3n) is 4.15. The van der Waals surface area contributed by atoms with Gasteiger partial charge in [0.1, 0.15) is 0 Å². The maximum absolute atomic E-state index is 12.3. The monoisotopic (exact) mass is 284 g/mol. The highest BCUT2D eigenvalue weighted by Gasteiger charge is 2.24. The molecule has 0 N–H and O–H groups in total. The summed E-state index contributed by atoms with van der Waals surface area (Å²) in [7, 11) is 0. The number of hydrogen-bond donors (Lipinski definition) is 0. The lowest BCUT2D eigenvalue weighted by Gasteiger charge is -2.18. The van der Waals surface area contributed by atoms with Crippen LogP contribution in [0.3, 0.4) is 0 Å². The van der Waals surface area contributed by atoms with Gasteiger partial charge in [0.2, 0.25) is 0 Å². The first-order valence-electron chi connectivity index (χ1n) is 8.01. The second-order valence-electron chi connectivity index (χ2n) is 5.89. The quantitative estimate of drug-likeness (QED) is 0.759. The number of fused-ring (bicyclic) bond motifs is 1. The second kappa shape index (κ2) is 6.84. The highest BCUT2D eigenvalue weighted by molar-refractivity contribution is 6.24. The number of benzene rings is 1. The third-order valence-corrected chi connectivity index (χ3v) is 4.15.